The molecule has 2 N–H and O–H groups in total. The molecule has 0 radical (unpaired) electrons. The molecule has 0 atom stereocenters. The third kappa shape index (κ3) is 3.01. The zero-order chi connectivity index (χ0) is 13.8. The van der Waals surface area contributed by atoms with Crippen molar-refractivity contribution in [1.29, 1.82) is 0 Å². The minimum absolute atomic E-state index is 0.0939. The van der Waals surface area contributed by atoms with Crippen molar-refractivity contribution < 1.29 is 9.90 Å². The van der Waals surface area contributed by atoms with Gasteiger partial charge in [0.1, 0.15) is 0 Å². The topological polar surface area (TPSA) is 49.3 Å². The van der Waals surface area contributed by atoms with Crippen LogP contribution in [0.5, 0.6) is 0 Å². The van der Waals surface area contributed by atoms with Crippen molar-refractivity contribution >= 4 is 11.6 Å². The number of carbonyl (C=O) groups excluding carboxylic acids is 1. The van der Waals surface area contributed by atoms with Crippen LogP contribution < -0.4 is 5.32 Å². The molecule has 3 heteroatoms. The van der Waals surface area contributed by atoms with Gasteiger partial charge in [-0.25, -0.2) is 0 Å². The molecule has 0 saturated carbocycles. The minimum atomic E-state index is -0.154. The minimum Gasteiger partial charge on any atom is -0.392 e. The Morgan fingerprint density at radius 3 is 2.58 bits per heavy atom. The number of hydrogen-bond acceptors (Lipinski definition) is 2. The summed E-state index contributed by atoms with van der Waals surface area (Å²) in [6.45, 7) is 3.82. The number of para-hydroxylation sites is 1. The molecule has 98 valence electrons. The number of hydrogen-bond donors (Lipinski definition) is 2. The molecule has 19 heavy (non-hydrogen) atoms. The quantitative estimate of drug-likeness (QED) is 0.885. The van der Waals surface area contributed by atoms with Crippen molar-refractivity contribution in [2.24, 2.45) is 0 Å². The van der Waals surface area contributed by atoms with Crippen molar-refractivity contribution in [2.75, 3.05) is 5.32 Å². The van der Waals surface area contributed by atoms with E-state index in [0.29, 0.717) is 16.8 Å². The summed E-state index contributed by atoms with van der Waals surface area (Å²) < 4.78 is 0. The Hall–Kier alpha value is -2.13. The van der Waals surface area contributed by atoms with Crippen LogP contribution in [0.4, 0.5) is 5.69 Å². The Balaban J connectivity index is 2.26. The Morgan fingerprint density at radius 1 is 1.16 bits per heavy atom. The first-order valence-electron chi connectivity index (χ1n) is 6.19. The van der Waals surface area contributed by atoms with E-state index in [9.17, 15) is 9.90 Å². The highest BCUT2D eigenvalue weighted by atomic mass is 16.3. The second-order valence-electron chi connectivity index (χ2n) is 4.59. The molecule has 0 heterocycles. The van der Waals surface area contributed by atoms with E-state index in [1.165, 1.54) is 0 Å². The average Bonchev–Trinajstić information content (AvgIpc) is 2.39. The van der Waals surface area contributed by atoms with Crippen molar-refractivity contribution in [3.63, 3.8) is 0 Å². The molecule has 2 rings (SSSR count). The Kier molecular flexibility index (Phi) is 3.97. The van der Waals surface area contributed by atoms with Crippen LogP contribution in [0.1, 0.15) is 27.0 Å². The second kappa shape index (κ2) is 5.67. The van der Waals surface area contributed by atoms with Gasteiger partial charge < -0.3 is 10.4 Å². The van der Waals surface area contributed by atoms with Gasteiger partial charge in [0.25, 0.3) is 5.91 Å². The lowest BCUT2D eigenvalue weighted by Crippen LogP contribution is -2.14. The number of anilines is 1. The highest BCUT2D eigenvalue weighted by Crippen LogP contribution is 2.17. The summed E-state index contributed by atoms with van der Waals surface area (Å²) in [4.78, 5) is 12.2. The van der Waals surface area contributed by atoms with Gasteiger partial charge in [0.15, 0.2) is 0 Å². The molecule has 0 aromatic heterocycles. The predicted molar refractivity (Wildman–Crippen MR) is 76.2 cm³/mol. The molecular weight excluding hydrogens is 238 g/mol. The summed E-state index contributed by atoms with van der Waals surface area (Å²) in [5, 5.41) is 12.1. The molecule has 0 aliphatic rings. The van der Waals surface area contributed by atoms with Crippen LogP contribution in [-0.2, 0) is 6.61 Å². The van der Waals surface area contributed by atoms with Crippen LogP contribution in [0, 0.1) is 13.8 Å². The van der Waals surface area contributed by atoms with Gasteiger partial charge in [0.2, 0.25) is 0 Å². The third-order valence-corrected chi connectivity index (χ3v) is 3.06. The van der Waals surface area contributed by atoms with Crippen molar-refractivity contribution in [3.8, 4) is 0 Å². The van der Waals surface area contributed by atoms with E-state index in [2.05, 4.69) is 5.32 Å². The summed E-state index contributed by atoms with van der Waals surface area (Å²) in [5.41, 5.74) is 4.08. The van der Waals surface area contributed by atoms with E-state index >= 15 is 0 Å². The standard InChI is InChI=1S/C16H17NO2/c1-11-7-8-14(12(2)9-11)16(19)17-15-6-4-3-5-13(15)10-18/h3-9,18H,10H2,1-2H3,(H,17,19). The smallest absolute Gasteiger partial charge is 0.255 e. The zero-order valence-electron chi connectivity index (χ0n) is 11.1. The Bertz CT molecular complexity index is 605. The normalized spacial score (nSPS) is 10.3. The average molecular weight is 255 g/mol. The molecule has 0 spiro atoms. The first-order valence-corrected chi connectivity index (χ1v) is 6.19. The van der Waals surface area contributed by atoms with Crippen LogP contribution in [-0.4, -0.2) is 11.0 Å². The summed E-state index contributed by atoms with van der Waals surface area (Å²) in [7, 11) is 0. The summed E-state index contributed by atoms with van der Waals surface area (Å²) in [6.07, 6.45) is 0. The lowest BCUT2D eigenvalue weighted by molar-refractivity contribution is 0.102. The monoisotopic (exact) mass is 255 g/mol. The number of aliphatic hydroxyl groups is 1. The van der Waals surface area contributed by atoms with Gasteiger partial charge in [-0.1, -0.05) is 35.9 Å². The SMILES string of the molecule is Cc1ccc(C(=O)Nc2ccccc2CO)c(C)c1. The summed E-state index contributed by atoms with van der Waals surface area (Å²) in [5.74, 6) is -0.154. The highest BCUT2D eigenvalue weighted by molar-refractivity contribution is 6.05. The molecule has 0 aliphatic heterocycles. The van der Waals surface area contributed by atoms with Gasteiger partial charge in [-0.05, 0) is 31.5 Å². The van der Waals surface area contributed by atoms with Crippen LogP contribution in [0.25, 0.3) is 0 Å². The molecule has 2 aromatic carbocycles. The summed E-state index contributed by atoms with van der Waals surface area (Å²) >= 11 is 0. The zero-order valence-corrected chi connectivity index (χ0v) is 11.1. The van der Waals surface area contributed by atoms with E-state index < -0.39 is 0 Å². The van der Waals surface area contributed by atoms with Gasteiger partial charge >= 0.3 is 0 Å². The van der Waals surface area contributed by atoms with E-state index in [4.69, 9.17) is 0 Å². The van der Waals surface area contributed by atoms with Crippen LogP contribution >= 0.6 is 0 Å². The number of benzene rings is 2. The maximum atomic E-state index is 12.2. The lowest BCUT2D eigenvalue weighted by Gasteiger charge is -2.11. The van der Waals surface area contributed by atoms with Gasteiger partial charge in [-0.3, -0.25) is 4.79 Å². The lowest BCUT2D eigenvalue weighted by atomic mass is 10.0. The molecule has 0 bridgehead atoms. The largest absolute Gasteiger partial charge is 0.392 e. The summed E-state index contributed by atoms with van der Waals surface area (Å²) in [6, 6.07) is 13.0. The number of aryl methyl sites for hydroxylation is 2. The number of nitrogens with one attached hydrogen (secondary N) is 1. The molecule has 0 aliphatic carbocycles. The highest BCUT2D eigenvalue weighted by Gasteiger charge is 2.10. The Labute approximate surface area is 112 Å². The fourth-order valence-electron chi connectivity index (χ4n) is 2.04. The first kappa shape index (κ1) is 13.3. The maximum Gasteiger partial charge on any atom is 0.255 e. The number of carbonyl (C=O) groups is 1. The van der Waals surface area contributed by atoms with Crippen LogP contribution in [0.15, 0.2) is 42.5 Å². The van der Waals surface area contributed by atoms with Crippen molar-refractivity contribution in [1.82, 2.24) is 0 Å². The molecule has 0 saturated heterocycles. The number of amides is 1. The fraction of sp³-hybridized carbons (Fsp3) is 0.188. The van der Waals surface area contributed by atoms with E-state index in [0.717, 1.165) is 11.1 Å². The second-order valence-corrected chi connectivity index (χ2v) is 4.59. The van der Waals surface area contributed by atoms with Crippen molar-refractivity contribution in [2.45, 2.75) is 20.5 Å². The van der Waals surface area contributed by atoms with E-state index in [-0.39, 0.29) is 12.5 Å². The molecule has 1 amide bonds. The van der Waals surface area contributed by atoms with Crippen LogP contribution in [0.2, 0.25) is 0 Å². The van der Waals surface area contributed by atoms with Gasteiger partial charge in [-0.15, -0.1) is 0 Å². The third-order valence-electron chi connectivity index (χ3n) is 3.06. The van der Waals surface area contributed by atoms with E-state index in [1.807, 2.05) is 44.2 Å². The van der Waals surface area contributed by atoms with Crippen LogP contribution in [0.3, 0.4) is 0 Å². The van der Waals surface area contributed by atoms with Gasteiger partial charge in [0.05, 0.1) is 6.61 Å². The molecular formula is C16H17NO2. The Morgan fingerprint density at radius 2 is 1.89 bits per heavy atom. The van der Waals surface area contributed by atoms with E-state index in [1.54, 1.807) is 12.1 Å². The first-order chi connectivity index (χ1) is 9.11. The fourth-order valence-corrected chi connectivity index (χ4v) is 2.04. The number of rotatable bonds is 3. The maximum absolute atomic E-state index is 12.2. The van der Waals surface area contributed by atoms with Gasteiger partial charge in [0, 0.05) is 16.8 Å². The van der Waals surface area contributed by atoms with Crippen molar-refractivity contribution in [3.05, 3.63) is 64.7 Å². The molecule has 0 unspecified atom stereocenters. The molecule has 3 nitrogen and oxygen atoms in total. The molecule has 0 fully saturated rings. The predicted octanol–water partition coefficient (Wildman–Crippen LogP) is 3.05. The molecule has 2 aromatic rings. The van der Waals surface area contributed by atoms with Gasteiger partial charge in [-0.2, -0.15) is 0 Å². The number of aliphatic hydroxyl groups excluding tert-OH is 1.